The molecule has 2 aromatic rings. The molecule has 0 bridgehead atoms. The second-order valence-electron chi connectivity index (χ2n) is 6.11. The molecule has 1 atom stereocenters. The Balaban J connectivity index is 1.66. The molecule has 1 fully saturated rings. The number of hydrogen-bond donors (Lipinski definition) is 1. The fourth-order valence-corrected chi connectivity index (χ4v) is 2.89. The SMILES string of the molecule is COc1cccc(CNC(=O)[C@@H]2COCC(=O)N2Cc2ccccc2)c1. The van der Waals surface area contributed by atoms with Gasteiger partial charge in [0.15, 0.2) is 0 Å². The second kappa shape index (κ2) is 8.49. The minimum atomic E-state index is -0.637. The lowest BCUT2D eigenvalue weighted by Crippen LogP contribution is -2.55. The summed E-state index contributed by atoms with van der Waals surface area (Å²) in [5.41, 5.74) is 1.91. The summed E-state index contributed by atoms with van der Waals surface area (Å²) in [5.74, 6) is 0.331. The minimum Gasteiger partial charge on any atom is -0.497 e. The van der Waals surface area contributed by atoms with Gasteiger partial charge in [-0.15, -0.1) is 0 Å². The Labute approximate surface area is 152 Å². The zero-order chi connectivity index (χ0) is 18.4. The predicted octanol–water partition coefficient (Wildman–Crippen LogP) is 1.74. The molecule has 1 aliphatic rings. The topological polar surface area (TPSA) is 67.9 Å². The lowest BCUT2D eigenvalue weighted by atomic mass is 10.1. The van der Waals surface area contributed by atoms with Crippen LogP contribution in [0.3, 0.4) is 0 Å². The van der Waals surface area contributed by atoms with Crippen molar-refractivity contribution in [2.24, 2.45) is 0 Å². The third kappa shape index (κ3) is 4.40. The highest BCUT2D eigenvalue weighted by atomic mass is 16.5. The fourth-order valence-electron chi connectivity index (χ4n) is 2.89. The van der Waals surface area contributed by atoms with Gasteiger partial charge in [-0.3, -0.25) is 9.59 Å². The van der Waals surface area contributed by atoms with E-state index in [1.54, 1.807) is 12.0 Å². The lowest BCUT2D eigenvalue weighted by molar-refractivity contribution is -0.155. The molecule has 0 unspecified atom stereocenters. The van der Waals surface area contributed by atoms with E-state index in [1.165, 1.54) is 0 Å². The molecule has 6 nitrogen and oxygen atoms in total. The van der Waals surface area contributed by atoms with E-state index in [-0.39, 0.29) is 25.0 Å². The zero-order valence-electron chi connectivity index (χ0n) is 14.7. The molecule has 136 valence electrons. The number of nitrogens with one attached hydrogen (secondary N) is 1. The van der Waals surface area contributed by atoms with Crippen LogP contribution in [0.5, 0.6) is 5.75 Å². The van der Waals surface area contributed by atoms with Crippen molar-refractivity contribution in [3.63, 3.8) is 0 Å². The monoisotopic (exact) mass is 354 g/mol. The van der Waals surface area contributed by atoms with Gasteiger partial charge in [-0.1, -0.05) is 42.5 Å². The van der Waals surface area contributed by atoms with E-state index in [2.05, 4.69) is 5.32 Å². The van der Waals surface area contributed by atoms with Crippen molar-refractivity contribution in [2.45, 2.75) is 19.1 Å². The normalized spacial score (nSPS) is 17.0. The van der Waals surface area contributed by atoms with Crippen LogP contribution in [0, 0.1) is 0 Å². The van der Waals surface area contributed by atoms with Crippen LogP contribution in [0.2, 0.25) is 0 Å². The summed E-state index contributed by atoms with van der Waals surface area (Å²) in [7, 11) is 1.60. The highest BCUT2D eigenvalue weighted by molar-refractivity contribution is 5.89. The maximum absolute atomic E-state index is 12.7. The molecule has 2 aromatic carbocycles. The van der Waals surface area contributed by atoms with Crippen molar-refractivity contribution in [2.75, 3.05) is 20.3 Å². The van der Waals surface area contributed by atoms with Crippen molar-refractivity contribution in [3.05, 3.63) is 65.7 Å². The average Bonchev–Trinajstić information content (AvgIpc) is 2.68. The first kappa shape index (κ1) is 17.9. The van der Waals surface area contributed by atoms with E-state index in [1.807, 2.05) is 54.6 Å². The van der Waals surface area contributed by atoms with Crippen LogP contribution in [0.25, 0.3) is 0 Å². The molecule has 1 heterocycles. The molecule has 2 amide bonds. The van der Waals surface area contributed by atoms with E-state index in [0.29, 0.717) is 13.1 Å². The minimum absolute atomic E-state index is 0.00645. The van der Waals surface area contributed by atoms with E-state index in [0.717, 1.165) is 16.9 Å². The highest BCUT2D eigenvalue weighted by Crippen LogP contribution is 2.15. The first-order valence-corrected chi connectivity index (χ1v) is 8.49. The average molecular weight is 354 g/mol. The number of benzene rings is 2. The summed E-state index contributed by atoms with van der Waals surface area (Å²) in [6.07, 6.45) is 0. The van der Waals surface area contributed by atoms with Gasteiger partial charge >= 0.3 is 0 Å². The smallest absolute Gasteiger partial charge is 0.249 e. The van der Waals surface area contributed by atoms with Gasteiger partial charge in [0.05, 0.1) is 13.7 Å². The van der Waals surface area contributed by atoms with Gasteiger partial charge in [0.1, 0.15) is 18.4 Å². The predicted molar refractivity (Wildman–Crippen MR) is 96.4 cm³/mol. The summed E-state index contributed by atoms with van der Waals surface area (Å²) < 4.78 is 10.5. The largest absolute Gasteiger partial charge is 0.497 e. The zero-order valence-corrected chi connectivity index (χ0v) is 14.7. The summed E-state index contributed by atoms with van der Waals surface area (Å²) >= 11 is 0. The van der Waals surface area contributed by atoms with Crippen LogP contribution in [0.1, 0.15) is 11.1 Å². The van der Waals surface area contributed by atoms with Crippen molar-refractivity contribution in [3.8, 4) is 5.75 Å². The summed E-state index contributed by atoms with van der Waals surface area (Å²) in [4.78, 5) is 26.5. The van der Waals surface area contributed by atoms with Crippen molar-refractivity contribution in [1.82, 2.24) is 10.2 Å². The number of methoxy groups -OCH3 is 1. The van der Waals surface area contributed by atoms with Crippen LogP contribution in [-0.4, -0.2) is 43.1 Å². The number of carbonyl (C=O) groups excluding carboxylic acids is 2. The molecule has 1 aliphatic heterocycles. The maximum Gasteiger partial charge on any atom is 0.249 e. The molecule has 0 saturated carbocycles. The Bertz CT molecular complexity index is 763. The number of hydrogen-bond acceptors (Lipinski definition) is 4. The first-order chi connectivity index (χ1) is 12.7. The molecular formula is C20H22N2O4. The highest BCUT2D eigenvalue weighted by Gasteiger charge is 2.33. The van der Waals surface area contributed by atoms with Crippen LogP contribution < -0.4 is 10.1 Å². The molecule has 1 saturated heterocycles. The molecule has 0 spiro atoms. The van der Waals surface area contributed by atoms with Gasteiger partial charge in [0, 0.05) is 13.1 Å². The van der Waals surface area contributed by atoms with E-state index < -0.39 is 6.04 Å². The van der Waals surface area contributed by atoms with Gasteiger partial charge in [-0.25, -0.2) is 0 Å². The van der Waals surface area contributed by atoms with Gasteiger partial charge in [0.25, 0.3) is 0 Å². The fraction of sp³-hybridized carbons (Fsp3) is 0.300. The Morgan fingerprint density at radius 1 is 1.19 bits per heavy atom. The van der Waals surface area contributed by atoms with Gasteiger partial charge < -0.3 is 19.7 Å². The Morgan fingerprint density at radius 2 is 1.96 bits per heavy atom. The number of rotatable bonds is 6. The van der Waals surface area contributed by atoms with Crippen LogP contribution in [-0.2, 0) is 27.4 Å². The number of morpholine rings is 1. The third-order valence-electron chi connectivity index (χ3n) is 4.30. The second-order valence-corrected chi connectivity index (χ2v) is 6.11. The van der Waals surface area contributed by atoms with E-state index in [4.69, 9.17) is 9.47 Å². The van der Waals surface area contributed by atoms with E-state index >= 15 is 0 Å². The molecular weight excluding hydrogens is 332 g/mol. The van der Waals surface area contributed by atoms with Crippen molar-refractivity contribution in [1.29, 1.82) is 0 Å². The molecule has 0 aromatic heterocycles. The molecule has 6 heteroatoms. The third-order valence-corrected chi connectivity index (χ3v) is 4.30. The number of carbonyl (C=O) groups is 2. The van der Waals surface area contributed by atoms with Gasteiger partial charge in [0.2, 0.25) is 11.8 Å². The summed E-state index contributed by atoms with van der Waals surface area (Å²) in [5, 5.41) is 2.89. The standard InChI is InChI=1S/C20H22N2O4/c1-25-17-9-5-8-16(10-17)11-21-20(24)18-13-26-14-19(23)22(18)12-15-6-3-2-4-7-15/h2-10,18H,11-14H2,1H3,(H,21,24)/t18-/m0/s1. The van der Waals surface area contributed by atoms with Crippen LogP contribution >= 0.6 is 0 Å². The summed E-state index contributed by atoms with van der Waals surface area (Å²) in [6.45, 7) is 0.954. The van der Waals surface area contributed by atoms with Gasteiger partial charge in [-0.05, 0) is 23.3 Å². The van der Waals surface area contributed by atoms with Crippen LogP contribution in [0.4, 0.5) is 0 Å². The Kier molecular flexibility index (Phi) is 5.86. The quantitative estimate of drug-likeness (QED) is 0.858. The number of nitrogens with zero attached hydrogens (tertiary/aromatic N) is 1. The molecule has 26 heavy (non-hydrogen) atoms. The first-order valence-electron chi connectivity index (χ1n) is 8.49. The summed E-state index contributed by atoms with van der Waals surface area (Å²) in [6, 6.07) is 16.5. The molecule has 1 N–H and O–H groups in total. The number of amides is 2. The number of ether oxygens (including phenoxy) is 2. The maximum atomic E-state index is 12.7. The lowest BCUT2D eigenvalue weighted by Gasteiger charge is -2.34. The van der Waals surface area contributed by atoms with E-state index in [9.17, 15) is 9.59 Å². The van der Waals surface area contributed by atoms with Crippen LogP contribution in [0.15, 0.2) is 54.6 Å². The van der Waals surface area contributed by atoms with Crippen molar-refractivity contribution >= 4 is 11.8 Å². The Morgan fingerprint density at radius 3 is 2.73 bits per heavy atom. The molecule has 0 radical (unpaired) electrons. The molecule has 3 rings (SSSR count). The Hall–Kier alpha value is -2.86. The van der Waals surface area contributed by atoms with Crippen molar-refractivity contribution < 1.29 is 19.1 Å². The molecule has 0 aliphatic carbocycles. The van der Waals surface area contributed by atoms with Gasteiger partial charge in [-0.2, -0.15) is 0 Å².